The molecule has 5 heteroatoms. The van der Waals surface area contributed by atoms with Crippen molar-refractivity contribution < 1.29 is 4.74 Å². The van der Waals surface area contributed by atoms with Crippen LogP contribution in [-0.4, -0.2) is 16.6 Å². The molecule has 0 amide bonds. The summed E-state index contributed by atoms with van der Waals surface area (Å²) >= 11 is 0. The van der Waals surface area contributed by atoms with Crippen LogP contribution in [0.1, 0.15) is 12.5 Å². The third-order valence-corrected chi connectivity index (χ3v) is 2.41. The van der Waals surface area contributed by atoms with Gasteiger partial charge in [0.15, 0.2) is 0 Å². The quantitative estimate of drug-likeness (QED) is 0.788. The van der Waals surface area contributed by atoms with Crippen molar-refractivity contribution in [3.05, 3.63) is 42.1 Å². The van der Waals surface area contributed by atoms with Crippen molar-refractivity contribution in [1.82, 2.24) is 9.97 Å². The summed E-state index contributed by atoms with van der Waals surface area (Å²) in [5, 5.41) is 3.12. The van der Waals surface area contributed by atoms with Gasteiger partial charge in [-0.15, -0.1) is 0 Å². The van der Waals surface area contributed by atoms with E-state index < -0.39 is 0 Å². The second-order valence-electron chi connectivity index (χ2n) is 3.70. The van der Waals surface area contributed by atoms with Crippen LogP contribution in [0.25, 0.3) is 0 Å². The van der Waals surface area contributed by atoms with Crippen LogP contribution in [0.4, 0.5) is 11.6 Å². The van der Waals surface area contributed by atoms with Gasteiger partial charge in [0.25, 0.3) is 0 Å². The summed E-state index contributed by atoms with van der Waals surface area (Å²) in [4.78, 5) is 8.35. The summed E-state index contributed by atoms with van der Waals surface area (Å²) < 4.78 is 5.31. The molecule has 0 saturated carbocycles. The Morgan fingerprint density at radius 1 is 1.28 bits per heavy atom. The second kappa shape index (κ2) is 5.86. The molecule has 0 aliphatic heterocycles. The molecule has 18 heavy (non-hydrogen) atoms. The third-order valence-electron chi connectivity index (χ3n) is 2.41. The molecule has 0 saturated heterocycles. The van der Waals surface area contributed by atoms with Crippen LogP contribution in [0.3, 0.4) is 0 Å². The lowest BCUT2D eigenvalue weighted by atomic mass is 10.2. The highest BCUT2D eigenvalue weighted by molar-refractivity contribution is 5.47. The molecule has 2 rings (SSSR count). The molecule has 94 valence electrons. The zero-order chi connectivity index (χ0) is 12.8. The van der Waals surface area contributed by atoms with Gasteiger partial charge in [0.1, 0.15) is 0 Å². The lowest BCUT2D eigenvalue weighted by Crippen LogP contribution is -2.06. The molecule has 0 bridgehead atoms. The first kappa shape index (κ1) is 12.2. The van der Waals surface area contributed by atoms with Crippen molar-refractivity contribution in [1.29, 1.82) is 0 Å². The van der Waals surface area contributed by atoms with Crippen LogP contribution in [0, 0.1) is 0 Å². The van der Waals surface area contributed by atoms with E-state index in [0.717, 1.165) is 11.3 Å². The Hall–Kier alpha value is -2.30. The number of nitrogens with zero attached hydrogens (tertiary/aromatic N) is 2. The minimum absolute atomic E-state index is 0.532. The molecule has 0 aliphatic rings. The van der Waals surface area contributed by atoms with E-state index in [1.165, 1.54) is 0 Å². The SMILES string of the molecule is CCOc1ccnc(NCc2ccccc2N)n1. The number of anilines is 2. The first-order chi connectivity index (χ1) is 8.79. The Morgan fingerprint density at radius 3 is 2.89 bits per heavy atom. The molecule has 1 aromatic heterocycles. The van der Waals surface area contributed by atoms with Crippen molar-refractivity contribution in [3.63, 3.8) is 0 Å². The molecule has 0 spiro atoms. The highest BCUT2D eigenvalue weighted by atomic mass is 16.5. The van der Waals surface area contributed by atoms with Gasteiger partial charge in [-0.2, -0.15) is 4.98 Å². The molecule has 2 aromatic rings. The summed E-state index contributed by atoms with van der Waals surface area (Å²) in [6.45, 7) is 3.09. The van der Waals surface area contributed by atoms with Crippen molar-refractivity contribution in [2.75, 3.05) is 17.7 Å². The van der Waals surface area contributed by atoms with Crippen LogP contribution >= 0.6 is 0 Å². The minimum atomic E-state index is 0.532. The van der Waals surface area contributed by atoms with Gasteiger partial charge in [0.2, 0.25) is 11.8 Å². The van der Waals surface area contributed by atoms with Gasteiger partial charge >= 0.3 is 0 Å². The van der Waals surface area contributed by atoms with Crippen LogP contribution in [0.15, 0.2) is 36.5 Å². The Kier molecular flexibility index (Phi) is 3.96. The van der Waals surface area contributed by atoms with E-state index in [-0.39, 0.29) is 0 Å². The van der Waals surface area contributed by atoms with E-state index in [1.807, 2.05) is 31.2 Å². The number of nitrogens with one attached hydrogen (secondary N) is 1. The van der Waals surface area contributed by atoms with E-state index in [4.69, 9.17) is 10.5 Å². The number of hydrogen-bond acceptors (Lipinski definition) is 5. The second-order valence-corrected chi connectivity index (χ2v) is 3.70. The molecular formula is C13H16N4O. The summed E-state index contributed by atoms with van der Waals surface area (Å²) in [6, 6.07) is 9.42. The van der Waals surface area contributed by atoms with Gasteiger partial charge < -0.3 is 15.8 Å². The number of rotatable bonds is 5. The van der Waals surface area contributed by atoms with Gasteiger partial charge in [0.05, 0.1) is 6.61 Å². The first-order valence-corrected chi connectivity index (χ1v) is 5.82. The van der Waals surface area contributed by atoms with Gasteiger partial charge in [-0.3, -0.25) is 0 Å². The van der Waals surface area contributed by atoms with Crippen molar-refractivity contribution in [3.8, 4) is 5.88 Å². The van der Waals surface area contributed by atoms with Crippen molar-refractivity contribution >= 4 is 11.6 Å². The molecule has 0 unspecified atom stereocenters. The molecule has 5 nitrogen and oxygen atoms in total. The maximum atomic E-state index is 5.86. The Labute approximate surface area is 106 Å². The smallest absolute Gasteiger partial charge is 0.226 e. The molecule has 0 radical (unpaired) electrons. The number of para-hydroxylation sites is 1. The molecular weight excluding hydrogens is 228 g/mol. The first-order valence-electron chi connectivity index (χ1n) is 5.82. The summed E-state index contributed by atoms with van der Waals surface area (Å²) in [5.74, 6) is 1.10. The van der Waals surface area contributed by atoms with Crippen LogP contribution in [0.2, 0.25) is 0 Å². The largest absolute Gasteiger partial charge is 0.478 e. The predicted octanol–water partition coefficient (Wildman–Crippen LogP) is 2.07. The van der Waals surface area contributed by atoms with E-state index in [1.54, 1.807) is 12.3 Å². The standard InChI is InChI=1S/C13H16N4O/c1-2-18-12-7-8-15-13(17-12)16-9-10-5-3-4-6-11(10)14/h3-8H,2,9,14H2,1H3,(H,15,16,17). The molecule has 0 fully saturated rings. The fourth-order valence-corrected chi connectivity index (χ4v) is 1.53. The molecule has 0 atom stereocenters. The lowest BCUT2D eigenvalue weighted by Gasteiger charge is -2.08. The number of benzene rings is 1. The van der Waals surface area contributed by atoms with Gasteiger partial charge in [-0.05, 0) is 18.6 Å². The molecule has 1 aromatic carbocycles. The van der Waals surface area contributed by atoms with E-state index in [2.05, 4.69) is 15.3 Å². The average Bonchev–Trinajstić information content (AvgIpc) is 2.39. The fraction of sp³-hybridized carbons (Fsp3) is 0.231. The topological polar surface area (TPSA) is 73.1 Å². The summed E-state index contributed by atoms with van der Waals surface area (Å²) in [5.41, 5.74) is 7.63. The highest BCUT2D eigenvalue weighted by Crippen LogP contribution is 2.13. The average molecular weight is 244 g/mol. The zero-order valence-electron chi connectivity index (χ0n) is 10.3. The highest BCUT2D eigenvalue weighted by Gasteiger charge is 2.01. The lowest BCUT2D eigenvalue weighted by molar-refractivity contribution is 0.326. The van der Waals surface area contributed by atoms with E-state index in [9.17, 15) is 0 Å². The molecule has 3 N–H and O–H groups in total. The van der Waals surface area contributed by atoms with Crippen LogP contribution in [-0.2, 0) is 6.54 Å². The Morgan fingerprint density at radius 2 is 2.11 bits per heavy atom. The Balaban J connectivity index is 2.02. The van der Waals surface area contributed by atoms with Crippen LogP contribution < -0.4 is 15.8 Å². The number of nitrogens with two attached hydrogens (primary N) is 1. The van der Waals surface area contributed by atoms with E-state index in [0.29, 0.717) is 25.0 Å². The number of aromatic nitrogens is 2. The number of nitrogen functional groups attached to an aromatic ring is 1. The van der Waals surface area contributed by atoms with Crippen LogP contribution in [0.5, 0.6) is 5.88 Å². The van der Waals surface area contributed by atoms with Crippen molar-refractivity contribution in [2.45, 2.75) is 13.5 Å². The predicted molar refractivity (Wildman–Crippen MR) is 71.4 cm³/mol. The summed E-state index contributed by atoms with van der Waals surface area (Å²) in [6.07, 6.45) is 1.66. The number of hydrogen-bond donors (Lipinski definition) is 2. The van der Waals surface area contributed by atoms with Gasteiger partial charge in [-0.1, -0.05) is 18.2 Å². The van der Waals surface area contributed by atoms with E-state index >= 15 is 0 Å². The molecule has 1 heterocycles. The summed E-state index contributed by atoms with van der Waals surface area (Å²) in [7, 11) is 0. The zero-order valence-corrected chi connectivity index (χ0v) is 10.3. The monoisotopic (exact) mass is 244 g/mol. The normalized spacial score (nSPS) is 10.1. The third kappa shape index (κ3) is 3.10. The Bertz CT molecular complexity index is 516. The molecule has 0 aliphatic carbocycles. The minimum Gasteiger partial charge on any atom is -0.478 e. The number of ether oxygens (including phenoxy) is 1. The maximum absolute atomic E-state index is 5.86. The van der Waals surface area contributed by atoms with Gasteiger partial charge in [-0.25, -0.2) is 4.98 Å². The van der Waals surface area contributed by atoms with Gasteiger partial charge in [0, 0.05) is 24.5 Å². The van der Waals surface area contributed by atoms with Crippen molar-refractivity contribution in [2.24, 2.45) is 0 Å². The maximum Gasteiger partial charge on any atom is 0.226 e. The fourth-order valence-electron chi connectivity index (χ4n) is 1.53.